The third-order valence-electron chi connectivity index (χ3n) is 5.29. The van der Waals surface area contributed by atoms with E-state index in [-0.39, 0.29) is 24.9 Å². The molecule has 0 aliphatic carbocycles. The summed E-state index contributed by atoms with van der Waals surface area (Å²) in [6.45, 7) is 4.75. The Labute approximate surface area is 165 Å². The molecule has 1 fully saturated rings. The van der Waals surface area contributed by atoms with E-state index in [0.29, 0.717) is 18.0 Å². The Balaban J connectivity index is 1.65. The van der Waals surface area contributed by atoms with Gasteiger partial charge < -0.3 is 9.64 Å². The Bertz CT molecular complexity index is 899. The molecule has 2 atom stereocenters. The van der Waals surface area contributed by atoms with Crippen molar-refractivity contribution in [2.24, 2.45) is 5.92 Å². The number of rotatable bonds is 6. The van der Waals surface area contributed by atoms with E-state index in [1.54, 1.807) is 29.2 Å². The second-order valence-corrected chi connectivity index (χ2v) is 7.19. The average Bonchev–Trinajstić information content (AvgIpc) is 3.13. The van der Waals surface area contributed by atoms with Crippen molar-refractivity contribution in [1.29, 1.82) is 5.26 Å². The molecular formula is C23H24N2O3. The summed E-state index contributed by atoms with van der Waals surface area (Å²) in [6, 6.07) is 16.9. The number of nitrogens with zero attached hydrogens (tertiary/aromatic N) is 2. The van der Waals surface area contributed by atoms with E-state index in [9.17, 15) is 9.59 Å². The highest BCUT2D eigenvalue weighted by atomic mass is 16.5. The van der Waals surface area contributed by atoms with Crippen LogP contribution in [0.5, 0.6) is 0 Å². The van der Waals surface area contributed by atoms with E-state index >= 15 is 0 Å². The molecule has 28 heavy (non-hydrogen) atoms. The van der Waals surface area contributed by atoms with Crippen LogP contribution in [0.3, 0.4) is 0 Å². The fraction of sp³-hybridized carbons (Fsp3) is 0.348. The van der Waals surface area contributed by atoms with Gasteiger partial charge in [0.1, 0.15) is 6.61 Å². The van der Waals surface area contributed by atoms with E-state index < -0.39 is 5.92 Å². The summed E-state index contributed by atoms with van der Waals surface area (Å²) in [7, 11) is 0. The maximum absolute atomic E-state index is 12.6. The second kappa shape index (κ2) is 8.71. The Kier molecular flexibility index (Phi) is 6.10. The largest absolute Gasteiger partial charge is 0.461 e. The zero-order valence-electron chi connectivity index (χ0n) is 16.2. The summed E-state index contributed by atoms with van der Waals surface area (Å²) in [6.07, 6.45) is 1.15. The van der Waals surface area contributed by atoms with Gasteiger partial charge in [-0.05, 0) is 41.7 Å². The van der Waals surface area contributed by atoms with Gasteiger partial charge in [-0.3, -0.25) is 9.59 Å². The molecule has 3 rings (SSSR count). The summed E-state index contributed by atoms with van der Waals surface area (Å²) in [5.74, 6) is -0.528. The number of nitriles is 1. The highest BCUT2D eigenvalue weighted by Gasteiger charge is 2.37. The lowest BCUT2D eigenvalue weighted by molar-refractivity contribution is -0.149. The lowest BCUT2D eigenvalue weighted by Crippen LogP contribution is -2.27. The van der Waals surface area contributed by atoms with Crippen LogP contribution in [0.15, 0.2) is 48.5 Å². The summed E-state index contributed by atoms with van der Waals surface area (Å²) in [5, 5.41) is 8.83. The Morgan fingerprint density at radius 1 is 1.25 bits per heavy atom. The number of benzene rings is 2. The fourth-order valence-corrected chi connectivity index (χ4v) is 3.42. The molecule has 1 heterocycles. The molecule has 0 aromatic heterocycles. The van der Waals surface area contributed by atoms with Crippen LogP contribution in [0.1, 0.15) is 49.3 Å². The van der Waals surface area contributed by atoms with Crippen LogP contribution < -0.4 is 4.90 Å². The first-order chi connectivity index (χ1) is 13.5. The molecule has 144 valence electrons. The van der Waals surface area contributed by atoms with Gasteiger partial charge in [-0.25, -0.2) is 0 Å². The molecule has 5 heteroatoms. The van der Waals surface area contributed by atoms with Crippen LogP contribution in [0.2, 0.25) is 0 Å². The molecule has 1 aliphatic rings. The number of esters is 1. The van der Waals surface area contributed by atoms with Crippen LogP contribution in [0, 0.1) is 17.2 Å². The van der Waals surface area contributed by atoms with Crippen molar-refractivity contribution in [2.75, 3.05) is 11.4 Å². The predicted octanol–water partition coefficient (Wildman–Crippen LogP) is 4.17. The predicted molar refractivity (Wildman–Crippen MR) is 107 cm³/mol. The highest BCUT2D eigenvalue weighted by Crippen LogP contribution is 2.33. The van der Waals surface area contributed by atoms with Gasteiger partial charge >= 0.3 is 5.97 Å². The smallest absolute Gasteiger partial charge is 0.311 e. The van der Waals surface area contributed by atoms with E-state index in [1.807, 2.05) is 24.3 Å². The van der Waals surface area contributed by atoms with Gasteiger partial charge in [0.2, 0.25) is 5.91 Å². The van der Waals surface area contributed by atoms with Crippen LogP contribution >= 0.6 is 0 Å². The summed E-state index contributed by atoms with van der Waals surface area (Å²) in [4.78, 5) is 26.8. The lowest BCUT2D eigenvalue weighted by Gasteiger charge is -2.23. The molecule has 0 saturated carbocycles. The van der Waals surface area contributed by atoms with Gasteiger partial charge in [0.05, 0.1) is 17.6 Å². The summed E-state index contributed by atoms with van der Waals surface area (Å²) in [5.41, 5.74) is 3.40. The van der Waals surface area contributed by atoms with Gasteiger partial charge in [-0.2, -0.15) is 5.26 Å². The van der Waals surface area contributed by atoms with E-state index in [2.05, 4.69) is 19.9 Å². The summed E-state index contributed by atoms with van der Waals surface area (Å²) < 4.78 is 5.42. The number of ether oxygens (including phenoxy) is 1. The van der Waals surface area contributed by atoms with E-state index in [0.717, 1.165) is 23.2 Å². The molecule has 2 aromatic carbocycles. The molecule has 0 bridgehead atoms. The van der Waals surface area contributed by atoms with Crippen molar-refractivity contribution >= 4 is 17.6 Å². The Morgan fingerprint density at radius 2 is 1.96 bits per heavy atom. The minimum absolute atomic E-state index is 0.0453. The van der Waals surface area contributed by atoms with Crippen molar-refractivity contribution in [3.05, 3.63) is 65.2 Å². The third-order valence-corrected chi connectivity index (χ3v) is 5.29. The standard InChI is InChI=1S/C23H24N2O3/c1-3-16(2)20-6-4-5-7-21(20)25-14-19(12-22(25)26)23(27)28-15-18-10-8-17(13-24)9-11-18/h4-11,16,19H,3,12,14-15H2,1-2H3/t16-,19+/m1/s1. The van der Waals surface area contributed by atoms with Crippen LogP contribution in [0.4, 0.5) is 5.69 Å². The monoisotopic (exact) mass is 376 g/mol. The molecule has 0 unspecified atom stereocenters. The number of carbonyl (C=O) groups excluding carboxylic acids is 2. The van der Waals surface area contributed by atoms with Gasteiger partial charge in [-0.15, -0.1) is 0 Å². The van der Waals surface area contributed by atoms with Gasteiger partial charge in [0.15, 0.2) is 0 Å². The Morgan fingerprint density at radius 3 is 2.64 bits per heavy atom. The second-order valence-electron chi connectivity index (χ2n) is 7.19. The van der Waals surface area contributed by atoms with Gasteiger partial charge in [0, 0.05) is 18.7 Å². The van der Waals surface area contributed by atoms with Crippen molar-refractivity contribution in [3.63, 3.8) is 0 Å². The van der Waals surface area contributed by atoms with Crippen LogP contribution in [-0.4, -0.2) is 18.4 Å². The molecule has 1 aliphatic heterocycles. The van der Waals surface area contributed by atoms with Crippen molar-refractivity contribution in [1.82, 2.24) is 0 Å². The maximum Gasteiger partial charge on any atom is 0.311 e. The molecule has 1 saturated heterocycles. The average molecular weight is 376 g/mol. The molecule has 1 amide bonds. The first-order valence-corrected chi connectivity index (χ1v) is 9.58. The number of hydrogen-bond acceptors (Lipinski definition) is 4. The molecular weight excluding hydrogens is 352 g/mol. The number of amides is 1. The lowest BCUT2D eigenvalue weighted by atomic mass is 9.96. The minimum atomic E-state index is -0.462. The summed E-state index contributed by atoms with van der Waals surface area (Å²) >= 11 is 0. The molecule has 0 N–H and O–H groups in total. The van der Waals surface area contributed by atoms with Crippen LogP contribution in [-0.2, 0) is 20.9 Å². The maximum atomic E-state index is 12.6. The normalized spacial score (nSPS) is 17.2. The van der Waals surface area contributed by atoms with Crippen molar-refractivity contribution < 1.29 is 14.3 Å². The first-order valence-electron chi connectivity index (χ1n) is 9.58. The third kappa shape index (κ3) is 4.23. The zero-order chi connectivity index (χ0) is 20.1. The quantitative estimate of drug-likeness (QED) is 0.710. The van der Waals surface area contributed by atoms with Gasteiger partial charge in [-0.1, -0.05) is 44.2 Å². The molecule has 2 aromatic rings. The SMILES string of the molecule is CC[C@@H](C)c1ccccc1N1C[C@@H](C(=O)OCc2ccc(C#N)cc2)CC1=O. The zero-order valence-corrected chi connectivity index (χ0v) is 16.2. The molecule has 0 spiro atoms. The highest BCUT2D eigenvalue weighted by molar-refractivity contribution is 6.00. The number of carbonyl (C=O) groups is 2. The molecule has 0 radical (unpaired) electrons. The minimum Gasteiger partial charge on any atom is -0.461 e. The van der Waals surface area contributed by atoms with Crippen molar-refractivity contribution in [2.45, 2.75) is 39.2 Å². The topological polar surface area (TPSA) is 70.4 Å². The number of anilines is 1. The van der Waals surface area contributed by atoms with Gasteiger partial charge in [0.25, 0.3) is 0 Å². The number of para-hydroxylation sites is 1. The van der Waals surface area contributed by atoms with E-state index in [1.165, 1.54) is 0 Å². The number of hydrogen-bond donors (Lipinski definition) is 0. The fourth-order valence-electron chi connectivity index (χ4n) is 3.42. The van der Waals surface area contributed by atoms with Crippen LogP contribution in [0.25, 0.3) is 0 Å². The van der Waals surface area contributed by atoms with Crippen molar-refractivity contribution in [3.8, 4) is 6.07 Å². The molecule has 5 nitrogen and oxygen atoms in total. The first kappa shape index (κ1) is 19.6. The Hall–Kier alpha value is -3.13. The van der Waals surface area contributed by atoms with E-state index in [4.69, 9.17) is 10.00 Å².